The Kier molecular flexibility index (Phi) is 6.66. The van der Waals surface area contributed by atoms with Crippen molar-refractivity contribution in [1.29, 1.82) is 0 Å². The van der Waals surface area contributed by atoms with Crippen molar-refractivity contribution in [2.24, 2.45) is 0 Å². The average Bonchev–Trinajstić information content (AvgIpc) is 2.70. The Labute approximate surface area is 170 Å². The molecule has 0 saturated carbocycles. The highest BCUT2D eigenvalue weighted by atomic mass is 32.2. The summed E-state index contributed by atoms with van der Waals surface area (Å²) in [5.74, 6) is -1.57. The van der Waals surface area contributed by atoms with Gasteiger partial charge in [0.05, 0.1) is 19.0 Å². The van der Waals surface area contributed by atoms with Crippen LogP contribution >= 0.6 is 11.8 Å². The first-order valence-corrected chi connectivity index (χ1v) is 9.65. The molecule has 0 bridgehead atoms. The quantitative estimate of drug-likeness (QED) is 0.590. The number of amides is 1. The fourth-order valence-corrected chi connectivity index (χ4v) is 3.54. The van der Waals surface area contributed by atoms with Gasteiger partial charge in [0.25, 0.3) is 0 Å². The van der Waals surface area contributed by atoms with Gasteiger partial charge in [0.1, 0.15) is 18.2 Å². The second-order valence-corrected chi connectivity index (χ2v) is 7.15. The molecule has 0 aliphatic heterocycles. The molecule has 1 N–H and O–H groups in total. The molecule has 0 atom stereocenters. The van der Waals surface area contributed by atoms with Crippen LogP contribution in [-0.2, 0) is 17.1 Å². The molecule has 150 valence electrons. The van der Waals surface area contributed by atoms with Gasteiger partial charge in [0.2, 0.25) is 11.3 Å². The number of pyridine rings is 1. The summed E-state index contributed by atoms with van der Waals surface area (Å²) in [5.41, 5.74) is 0.196. The first-order valence-electron chi connectivity index (χ1n) is 8.66. The summed E-state index contributed by atoms with van der Waals surface area (Å²) in [7, 11) is 1.37. The molecule has 5 nitrogen and oxygen atoms in total. The molecule has 0 spiro atoms. The summed E-state index contributed by atoms with van der Waals surface area (Å²) >= 11 is 1.51. The lowest BCUT2D eigenvalue weighted by atomic mass is 10.3. The zero-order valence-corrected chi connectivity index (χ0v) is 16.3. The van der Waals surface area contributed by atoms with E-state index in [0.717, 1.165) is 17.0 Å². The fraction of sp³-hybridized carbons (Fsp3) is 0.143. The molecule has 1 aromatic heterocycles. The molecule has 3 rings (SSSR count). The minimum atomic E-state index is -0.865. The van der Waals surface area contributed by atoms with Crippen molar-refractivity contribution in [3.63, 3.8) is 0 Å². The van der Waals surface area contributed by atoms with Crippen LogP contribution in [0.3, 0.4) is 0 Å². The van der Waals surface area contributed by atoms with Crippen LogP contribution in [-0.4, -0.2) is 17.6 Å². The third-order valence-electron chi connectivity index (χ3n) is 4.05. The number of rotatable bonds is 7. The van der Waals surface area contributed by atoms with E-state index in [2.05, 4.69) is 5.32 Å². The van der Waals surface area contributed by atoms with Gasteiger partial charge in [-0.3, -0.25) is 9.59 Å². The maximum absolute atomic E-state index is 13.8. The number of carbonyl (C=O) groups excluding carboxylic acids is 1. The lowest BCUT2D eigenvalue weighted by Crippen LogP contribution is -2.23. The van der Waals surface area contributed by atoms with Crippen LogP contribution in [0.5, 0.6) is 5.75 Å². The minimum absolute atomic E-state index is 0.0965. The molecule has 1 heterocycles. The number of hydrogen-bond donors (Lipinski definition) is 1. The van der Waals surface area contributed by atoms with E-state index >= 15 is 0 Å². The highest BCUT2D eigenvalue weighted by Gasteiger charge is 2.13. The third kappa shape index (κ3) is 5.45. The van der Waals surface area contributed by atoms with Crippen LogP contribution in [0.4, 0.5) is 14.5 Å². The van der Waals surface area contributed by atoms with Crippen molar-refractivity contribution in [3.05, 3.63) is 88.3 Å². The number of halogens is 2. The van der Waals surface area contributed by atoms with Gasteiger partial charge < -0.3 is 14.6 Å². The number of anilines is 1. The van der Waals surface area contributed by atoms with Gasteiger partial charge in [0, 0.05) is 28.5 Å². The third-order valence-corrected chi connectivity index (χ3v) is 5.10. The Hall–Kier alpha value is -3.13. The molecule has 3 aromatic rings. The first kappa shape index (κ1) is 20.6. The monoisotopic (exact) mass is 416 g/mol. The Bertz CT molecular complexity index is 1070. The van der Waals surface area contributed by atoms with E-state index in [1.807, 2.05) is 30.3 Å². The summed E-state index contributed by atoms with van der Waals surface area (Å²) in [5, 5.41) is 2.41. The number of methoxy groups -OCH3 is 1. The summed E-state index contributed by atoms with van der Waals surface area (Å²) in [6.07, 6.45) is 1.45. The normalized spacial score (nSPS) is 10.6. The predicted octanol–water partition coefficient (Wildman–Crippen LogP) is 4.07. The lowest BCUT2D eigenvalue weighted by Gasteiger charge is -2.15. The van der Waals surface area contributed by atoms with Crippen molar-refractivity contribution >= 4 is 23.4 Å². The second-order valence-electron chi connectivity index (χ2n) is 6.10. The Morgan fingerprint density at radius 1 is 1.14 bits per heavy atom. The second kappa shape index (κ2) is 9.38. The molecule has 8 heteroatoms. The molecule has 0 aliphatic carbocycles. The van der Waals surface area contributed by atoms with Crippen molar-refractivity contribution in [1.82, 2.24) is 4.57 Å². The Balaban J connectivity index is 1.80. The fourth-order valence-electron chi connectivity index (χ4n) is 2.63. The Morgan fingerprint density at radius 2 is 1.90 bits per heavy atom. The van der Waals surface area contributed by atoms with Crippen LogP contribution in [0.2, 0.25) is 0 Å². The van der Waals surface area contributed by atoms with Crippen molar-refractivity contribution in [3.8, 4) is 5.75 Å². The summed E-state index contributed by atoms with van der Waals surface area (Å²) in [6.45, 7) is -0.169. The maximum Gasteiger partial charge on any atom is 0.244 e. The van der Waals surface area contributed by atoms with Crippen LogP contribution in [0, 0.1) is 11.6 Å². The van der Waals surface area contributed by atoms with E-state index in [1.54, 1.807) is 4.57 Å². The van der Waals surface area contributed by atoms with Gasteiger partial charge in [-0.15, -0.1) is 11.8 Å². The number of carbonyl (C=O) groups is 1. The maximum atomic E-state index is 13.8. The summed E-state index contributed by atoms with van der Waals surface area (Å²) in [4.78, 5) is 25.6. The molecule has 29 heavy (non-hydrogen) atoms. The van der Waals surface area contributed by atoms with Gasteiger partial charge in [0.15, 0.2) is 5.75 Å². The van der Waals surface area contributed by atoms with Crippen molar-refractivity contribution in [2.45, 2.75) is 17.2 Å². The smallest absolute Gasteiger partial charge is 0.244 e. The van der Waals surface area contributed by atoms with Crippen molar-refractivity contribution in [2.75, 3.05) is 12.4 Å². The molecule has 2 aromatic carbocycles. The zero-order valence-electron chi connectivity index (χ0n) is 15.5. The first-order chi connectivity index (χ1) is 14.0. The molecule has 0 fully saturated rings. The highest BCUT2D eigenvalue weighted by Crippen LogP contribution is 2.23. The number of benzene rings is 2. The van der Waals surface area contributed by atoms with Gasteiger partial charge in [-0.25, -0.2) is 8.78 Å². The summed E-state index contributed by atoms with van der Waals surface area (Å²) < 4.78 is 33.4. The number of hydrogen-bond acceptors (Lipinski definition) is 4. The largest absolute Gasteiger partial charge is 0.491 e. The SMILES string of the molecule is COc1cn(CC(=O)Nc2ccc(F)cc2F)c(CSc2ccccc2)cc1=O. The van der Waals surface area contributed by atoms with Crippen molar-refractivity contribution < 1.29 is 18.3 Å². The molecule has 0 saturated heterocycles. The van der Waals surface area contributed by atoms with E-state index in [-0.39, 0.29) is 23.4 Å². The van der Waals surface area contributed by atoms with E-state index in [4.69, 9.17) is 4.74 Å². The zero-order chi connectivity index (χ0) is 20.8. The molecular weight excluding hydrogens is 398 g/mol. The van der Waals surface area contributed by atoms with Gasteiger partial charge >= 0.3 is 0 Å². The summed E-state index contributed by atoms with van der Waals surface area (Å²) in [6, 6.07) is 13.9. The van der Waals surface area contributed by atoms with Crippen LogP contribution in [0.15, 0.2) is 70.5 Å². The van der Waals surface area contributed by atoms with Crippen LogP contribution < -0.4 is 15.5 Å². The number of thioether (sulfide) groups is 1. The molecule has 0 aliphatic rings. The number of ether oxygens (including phenoxy) is 1. The topological polar surface area (TPSA) is 60.3 Å². The van der Waals surface area contributed by atoms with E-state index in [1.165, 1.54) is 31.1 Å². The Morgan fingerprint density at radius 3 is 2.59 bits per heavy atom. The molecular formula is C21H18F2N2O3S. The van der Waals surface area contributed by atoms with E-state index < -0.39 is 17.5 Å². The molecule has 1 amide bonds. The van der Waals surface area contributed by atoms with Gasteiger partial charge in [-0.2, -0.15) is 0 Å². The standard InChI is InChI=1S/C21H18F2N2O3S/c1-28-20-11-25(12-21(27)24-18-8-7-14(22)9-17(18)23)15(10-19(20)26)13-29-16-5-3-2-4-6-16/h2-11H,12-13H2,1H3,(H,24,27). The lowest BCUT2D eigenvalue weighted by molar-refractivity contribution is -0.116. The molecule has 0 unspecified atom stereocenters. The van der Waals surface area contributed by atoms with E-state index in [0.29, 0.717) is 17.5 Å². The average molecular weight is 416 g/mol. The molecule has 0 radical (unpaired) electrons. The number of aromatic nitrogens is 1. The minimum Gasteiger partial charge on any atom is -0.491 e. The van der Waals surface area contributed by atoms with Gasteiger partial charge in [-0.1, -0.05) is 18.2 Å². The van der Waals surface area contributed by atoms with E-state index in [9.17, 15) is 18.4 Å². The van der Waals surface area contributed by atoms with Crippen LogP contribution in [0.1, 0.15) is 5.69 Å². The predicted molar refractivity (Wildman–Crippen MR) is 108 cm³/mol. The number of nitrogens with one attached hydrogen (secondary N) is 1. The van der Waals surface area contributed by atoms with Gasteiger partial charge in [-0.05, 0) is 24.3 Å². The highest BCUT2D eigenvalue weighted by molar-refractivity contribution is 7.98. The number of nitrogens with zero attached hydrogens (tertiary/aromatic N) is 1. The van der Waals surface area contributed by atoms with Crippen LogP contribution in [0.25, 0.3) is 0 Å².